The van der Waals surface area contributed by atoms with Crippen LogP contribution in [0.5, 0.6) is 0 Å². The van der Waals surface area contributed by atoms with Crippen LogP contribution < -0.4 is 5.32 Å². The highest BCUT2D eigenvalue weighted by Crippen LogP contribution is 2.14. The highest BCUT2D eigenvalue weighted by Gasteiger charge is 2.40. The van der Waals surface area contributed by atoms with Crippen molar-refractivity contribution < 1.29 is 19.7 Å². The second kappa shape index (κ2) is 3.84. The molecule has 0 radical (unpaired) electrons. The van der Waals surface area contributed by atoms with E-state index in [2.05, 4.69) is 5.32 Å². The first-order valence-corrected chi connectivity index (χ1v) is 4.63. The van der Waals surface area contributed by atoms with Crippen molar-refractivity contribution in [3.8, 4) is 0 Å². The Bertz CT molecular complexity index is 223. The topological polar surface area (TPSA) is 78.8 Å². The number of esters is 1. The van der Waals surface area contributed by atoms with Crippen molar-refractivity contribution in [2.45, 2.75) is 44.6 Å². The molecule has 1 saturated heterocycles. The summed E-state index contributed by atoms with van der Waals surface area (Å²) in [6.45, 7) is 5.47. The largest absolute Gasteiger partial charge is 0.459 e. The van der Waals surface area contributed by atoms with Gasteiger partial charge in [0.15, 0.2) is 0 Å². The number of nitrogens with one attached hydrogen (secondary N) is 1. The molecule has 14 heavy (non-hydrogen) atoms. The van der Waals surface area contributed by atoms with E-state index in [1.165, 1.54) is 0 Å². The Kier molecular flexibility index (Phi) is 3.14. The van der Waals surface area contributed by atoms with Crippen LogP contribution in [0.1, 0.15) is 20.8 Å². The van der Waals surface area contributed by atoms with Crippen molar-refractivity contribution in [3.05, 3.63) is 0 Å². The molecule has 5 heteroatoms. The Hall–Kier alpha value is -0.650. The zero-order valence-electron chi connectivity index (χ0n) is 8.65. The number of hydrogen-bond donors (Lipinski definition) is 3. The van der Waals surface area contributed by atoms with Gasteiger partial charge in [-0.2, -0.15) is 0 Å². The summed E-state index contributed by atoms with van der Waals surface area (Å²) < 4.78 is 5.07. The van der Waals surface area contributed by atoms with E-state index in [1.54, 1.807) is 20.8 Å². The smallest absolute Gasteiger partial charge is 0.326 e. The van der Waals surface area contributed by atoms with Gasteiger partial charge in [0.05, 0.1) is 6.10 Å². The first-order chi connectivity index (χ1) is 6.31. The maximum atomic E-state index is 11.5. The molecular formula is C9H17NO4. The predicted molar refractivity (Wildman–Crippen MR) is 49.6 cm³/mol. The van der Waals surface area contributed by atoms with Gasteiger partial charge in [-0.3, -0.25) is 10.1 Å². The van der Waals surface area contributed by atoms with E-state index < -0.39 is 29.8 Å². The summed E-state index contributed by atoms with van der Waals surface area (Å²) in [5.41, 5.74) is -0.577. The molecule has 1 fully saturated rings. The number of ether oxygens (including phenoxy) is 1. The molecule has 3 atom stereocenters. The Balaban J connectivity index is 2.54. The SMILES string of the molecule is CC(C)(C)OC(=O)[C@@H]1NC[C@@H](O)[C@H]1O. The number of rotatable bonds is 1. The fourth-order valence-corrected chi connectivity index (χ4v) is 1.30. The maximum absolute atomic E-state index is 11.5. The van der Waals surface area contributed by atoms with Gasteiger partial charge in [0, 0.05) is 6.54 Å². The monoisotopic (exact) mass is 203 g/mol. The average molecular weight is 203 g/mol. The Morgan fingerprint density at radius 2 is 2.00 bits per heavy atom. The van der Waals surface area contributed by atoms with Gasteiger partial charge in [-0.1, -0.05) is 0 Å². The van der Waals surface area contributed by atoms with Crippen molar-refractivity contribution in [2.24, 2.45) is 0 Å². The Morgan fingerprint density at radius 3 is 2.36 bits per heavy atom. The van der Waals surface area contributed by atoms with Gasteiger partial charge in [-0.05, 0) is 20.8 Å². The zero-order valence-corrected chi connectivity index (χ0v) is 8.65. The van der Waals surface area contributed by atoms with E-state index in [4.69, 9.17) is 4.74 Å². The van der Waals surface area contributed by atoms with Gasteiger partial charge in [0.1, 0.15) is 17.7 Å². The van der Waals surface area contributed by atoms with Crippen molar-refractivity contribution >= 4 is 5.97 Å². The minimum Gasteiger partial charge on any atom is -0.459 e. The van der Waals surface area contributed by atoms with Gasteiger partial charge in [-0.25, -0.2) is 0 Å². The third-order valence-electron chi connectivity index (χ3n) is 1.94. The summed E-state index contributed by atoms with van der Waals surface area (Å²) in [7, 11) is 0. The zero-order chi connectivity index (χ0) is 10.9. The number of carbonyl (C=O) groups excluding carboxylic acids is 1. The van der Waals surface area contributed by atoms with Crippen LogP contribution in [0.2, 0.25) is 0 Å². The number of carbonyl (C=O) groups is 1. The number of hydrogen-bond acceptors (Lipinski definition) is 5. The summed E-state index contributed by atoms with van der Waals surface area (Å²) in [5.74, 6) is -0.526. The molecule has 5 nitrogen and oxygen atoms in total. The van der Waals surface area contributed by atoms with E-state index in [9.17, 15) is 15.0 Å². The van der Waals surface area contributed by atoms with E-state index >= 15 is 0 Å². The minimum absolute atomic E-state index is 0.213. The van der Waals surface area contributed by atoms with E-state index in [1.807, 2.05) is 0 Å². The van der Waals surface area contributed by atoms with Gasteiger partial charge < -0.3 is 14.9 Å². The fourth-order valence-electron chi connectivity index (χ4n) is 1.30. The second-order valence-electron chi connectivity index (χ2n) is 4.48. The number of aliphatic hydroxyl groups is 2. The quantitative estimate of drug-likeness (QED) is 0.477. The lowest BCUT2D eigenvalue weighted by molar-refractivity contribution is -0.160. The lowest BCUT2D eigenvalue weighted by Gasteiger charge is -2.23. The van der Waals surface area contributed by atoms with Crippen LogP contribution in [0.4, 0.5) is 0 Å². The standard InChI is InChI=1S/C9H17NO4/c1-9(2,3)14-8(13)6-7(12)5(11)4-10-6/h5-7,10-12H,4H2,1-3H3/t5-,6-,7-/m1/s1. The molecule has 82 valence electrons. The van der Waals surface area contributed by atoms with Gasteiger partial charge in [-0.15, -0.1) is 0 Å². The predicted octanol–water partition coefficient (Wildman–Crippen LogP) is -0.978. The summed E-state index contributed by atoms with van der Waals surface area (Å²) >= 11 is 0. The minimum atomic E-state index is -1.08. The number of β-amino-alcohol motifs (C(OH)–C–C–N with tert-alkyl or cyclic N) is 1. The Morgan fingerprint density at radius 1 is 1.43 bits per heavy atom. The van der Waals surface area contributed by atoms with Crippen molar-refractivity contribution in [2.75, 3.05) is 6.54 Å². The van der Waals surface area contributed by atoms with Crippen molar-refractivity contribution in [3.63, 3.8) is 0 Å². The van der Waals surface area contributed by atoms with E-state index in [0.29, 0.717) is 0 Å². The first kappa shape index (κ1) is 11.4. The normalized spacial score (nSPS) is 33.1. The molecule has 0 saturated carbocycles. The average Bonchev–Trinajstić information content (AvgIpc) is 2.29. The highest BCUT2D eigenvalue weighted by molar-refractivity contribution is 5.77. The van der Waals surface area contributed by atoms with Crippen molar-refractivity contribution in [1.82, 2.24) is 5.32 Å². The Labute approximate surface area is 83.1 Å². The fraction of sp³-hybridized carbons (Fsp3) is 0.889. The van der Waals surface area contributed by atoms with Gasteiger partial charge >= 0.3 is 5.97 Å². The maximum Gasteiger partial charge on any atom is 0.326 e. The van der Waals surface area contributed by atoms with Gasteiger partial charge in [0.2, 0.25) is 0 Å². The van der Waals surface area contributed by atoms with Crippen LogP contribution in [-0.2, 0) is 9.53 Å². The van der Waals surface area contributed by atoms with Crippen LogP contribution in [0.15, 0.2) is 0 Å². The summed E-state index contributed by atoms with van der Waals surface area (Å²) in [5, 5.41) is 21.3. The van der Waals surface area contributed by atoms with Gasteiger partial charge in [0.25, 0.3) is 0 Å². The van der Waals surface area contributed by atoms with E-state index in [-0.39, 0.29) is 6.54 Å². The van der Waals surface area contributed by atoms with Crippen LogP contribution in [0.3, 0.4) is 0 Å². The summed E-state index contributed by atoms with van der Waals surface area (Å²) in [4.78, 5) is 11.5. The molecule has 0 aromatic rings. The van der Waals surface area contributed by atoms with Crippen LogP contribution in [0, 0.1) is 0 Å². The molecule has 0 aromatic heterocycles. The second-order valence-corrected chi connectivity index (χ2v) is 4.48. The molecule has 3 N–H and O–H groups in total. The molecule has 1 aliphatic heterocycles. The number of aliphatic hydroxyl groups excluding tert-OH is 2. The molecule has 0 spiro atoms. The first-order valence-electron chi connectivity index (χ1n) is 4.63. The lowest BCUT2D eigenvalue weighted by Crippen LogP contribution is -2.44. The van der Waals surface area contributed by atoms with Crippen molar-refractivity contribution in [1.29, 1.82) is 0 Å². The molecule has 1 heterocycles. The third kappa shape index (κ3) is 2.67. The molecular weight excluding hydrogens is 186 g/mol. The third-order valence-corrected chi connectivity index (χ3v) is 1.94. The molecule has 0 aromatic carbocycles. The van der Waals surface area contributed by atoms with Crippen LogP contribution >= 0.6 is 0 Å². The summed E-state index contributed by atoms with van der Waals surface area (Å²) in [6.07, 6.45) is -1.97. The van der Waals surface area contributed by atoms with Crippen LogP contribution in [-0.4, -0.2) is 46.6 Å². The molecule has 0 bridgehead atoms. The molecule has 1 aliphatic rings. The lowest BCUT2D eigenvalue weighted by atomic mass is 10.1. The highest BCUT2D eigenvalue weighted by atomic mass is 16.6. The molecule has 0 unspecified atom stereocenters. The molecule has 0 amide bonds. The molecule has 0 aliphatic carbocycles. The van der Waals surface area contributed by atoms with E-state index in [0.717, 1.165) is 0 Å². The summed E-state index contributed by atoms with van der Waals surface area (Å²) in [6, 6.07) is -0.816. The molecule has 1 rings (SSSR count). The van der Waals surface area contributed by atoms with Crippen LogP contribution in [0.25, 0.3) is 0 Å².